The minimum Gasteiger partial charge on any atom is -0.323 e. The number of rotatable bonds is 1. The summed E-state index contributed by atoms with van der Waals surface area (Å²) in [5, 5.41) is 13.7. The van der Waals surface area contributed by atoms with Gasteiger partial charge in [0.15, 0.2) is 0 Å². The van der Waals surface area contributed by atoms with Gasteiger partial charge < -0.3 is 5.84 Å². The predicted molar refractivity (Wildman–Crippen MR) is 33.8 cm³/mol. The van der Waals surface area contributed by atoms with Crippen molar-refractivity contribution in [1.82, 2.24) is 9.89 Å². The van der Waals surface area contributed by atoms with Crippen LogP contribution in [0.1, 0.15) is 5.69 Å². The molecule has 54 valence electrons. The second kappa shape index (κ2) is 1.98. The molecule has 0 unspecified atom stereocenters. The Morgan fingerprint density at radius 2 is 2.50 bits per heavy atom. The first-order valence-electron chi connectivity index (χ1n) is 2.57. The Kier molecular flexibility index (Phi) is 1.29. The van der Waals surface area contributed by atoms with E-state index in [1.807, 2.05) is 0 Å². The van der Waals surface area contributed by atoms with Crippen LogP contribution in [0.5, 0.6) is 0 Å². The van der Waals surface area contributed by atoms with Crippen LogP contribution in [0.15, 0.2) is 6.20 Å². The molecule has 0 saturated carbocycles. The third kappa shape index (κ3) is 0.903. The predicted octanol–water partition coefficient (Wildman–Crippen LogP) is -0.186. The van der Waals surface area contributed by atoms with E-state index in [9.17, 15) is 10.1 Å². The SMILES string of the molecule is Cc1nn(N)cc1[N+](=O)[O-]. The van der Waals surface area contributed by atoms with Crippen LogP contribution in [0, 0.1) is 17.0 Å². The van der Waals surface area contributed by atoms with Crippen molar-refractivity contribution in [3.63, 3.8) is 0 Å². The van der Waals surface area contributed by atoms with Crippen LogP contribution in [0.25, 0.3) is 0 Å². The van der Waals surface area contributed by atoms with Crippen LogP contribution in [0.4, 0.5) is 5.69 Å². The van der Waals surface area contributed by atoms with Gasteiger partial charge in [-0.2, -0.15) is 9.89 Å². The molecule has 2 N–H and O–H groups in total. The molecule has 1 aromatic rings. The van der Waals surface area contributed by atoms with Crippen LogP contribution < -0.4 is 5.84 Å². The number of hydrogen-bond acceptors (Lipinski definition) is 4. The van der Waals surface area contributed by atoms with Crippen LogP contribution >= 0.6 is 0 Å². The van der Waals surface area contributed by atoms with Gasteiger partial charge in [0.2, 0.25) is 0 Å². The molecule has 0 saturated heterocycles. The van der Waals surface area contributed by atoms with Gasteiger partial charge in [0.25, 0.3) is 0 Å². The molecule has 0 aromatic carbocycles. The Balaban J connectivity index is 3.15. The Morgan fingerprint density at radius 3 is 2.70 bits per heavy atom. The van der Waals surface area contributed by atoms with Crippen molar-refractivity contribution in [1.29, 1.82) is 0 Å². The zero-order chi connectivity index (χ0) is 7.72. The van der Waals surface area contributed by atoms with E-state index in [0.29, 0.717) is 5.69 Å². The summed E-state index contributed by atoms with van der Waals surface area (Å²) in [6.07, 6.45) is 1.16. The highest BCUT2D eigenvalue weighted by molar-refractivity contribution is 5.30. The highest BCUT2D eigenvalue weighted by Crippen LogP contribution is 2.12. The molecule has 10 heavy (non-hydrogen) atoms. The lowest BCUT2D eigenvalue weighted by molar-refractivity contribution is -0.385. The van der Waals surface area contributed by atoms with Gasteiger partial charge in [0, 0.05) is 0 Å². The number of nitrogens with zero attached hydrogens (tertiary/aromatic N) is 3. The van der Waals surface area contributed by atoms with E-state index in [0.717, 1.165) is 11.0 Å². The molecule has 1 rings (SSSR count). The monoisotopic (exact) mass is 142 g/mol. The zero-order valence-corrected chi connectivity index (χ0v) is 5.31. The number of nitrogen functional groups attached to an aromatic ring is 1. The fourth-order valence-corrected chi connectivity index (χ4v) is 0.651. The Hall–Kier alpha value is -1.59. The maximum atomic E-state index is 10.1. The Morgan fingerprint density at radius 1 is 1.90 bits per heavy atom. The fraction of sp³-hybridized carbons (Fsp3) is 0.250. The second-order valence-electron chi connectivity index (χ2n) is 1.84. The largest absolute Gasteiger partial charge is 0.323 e. The average molecular weight is 142 g/mol. The Bertz CT molecular complexity index is 266. The number of hydrogen-bond donors (Lipinski definition) is 1. The van der Waals surface area contributed by atoms with E-state index < -0.39 is 4.92 Å². The number of nitrogens with two attached hydrogens (primary N) is 1. The zero-order valence-electron chi connectivity index (χ0n) is 5.31. The molecule has 0 aliphatic rings. The van der Waals surface area contributed by atoms with Crippen LogP contribution in [0.2, 0.25) is 0 Å². The minimum absolute atomic E-state index is 0.0532. The van der Waals surface area contributed by atoms with Crippen molar-refractivity contribution in [2.24, 2.45) is 0 Å². The lowest BCUT2D eigenvalue weighted by atomic mass is 10.4. The molecule has 0 amide bonds. The molecular weight excluding hydrogens is 136 g/mol. The lowest BCUT2D eigenvalue weighted by Crippen LogP contribution is -2.07. The number of aryl methyl sites for hydroxylation is 1. The molecule has 0 aliphatic heterocycles. The molecule has 0 bridgehead atoms. The summed E-state index contributed by atoms with van der Waals surface area (Å²) in [4.78, 5) is 10.5. The van der Waals surface area contributed by atoms with Gasteiger partial charge in [0.1, 0.15) is 11.9 Å². The van der Waals surface area contributed by atoms with Gasteiger partial charge >= 0.3 is 5.69 Å². The van der Waals surface area contributed by atoms with Gasteiger partial charge in [-0.1, -0.05) is 0 Å². The van der Waals surface area contributed by atoms with Gasteiger partial charge in [-0.3, -0.25) is 10.1 Å². The molecule has 1 aromatic heterocycles. The summed E-state index contributed by atoms with van der Waals surface area (Å²) >= 11 is 0. The molecule has 0 atom stereocenters. The molecule has 1 heterocycles. The third-order valence-electron chi connectivity index (χ3n) is 1.09. The topological polar surface area (TPSA) is 87.0 Å². The summed E-state index contributed by atoms with van der Waals surface area (Å²) in [7, 11) is 0. The highest BCUT2D eigenvalue weighted by Gasteiger charge is 2.13. The van der Waals surface area contributed by atoms with Crippen molar-refractivity contribution < 1.29 is 4.92 Å². The molecular formula is C4H6N4O2. The van der Waals surface area contributed by atoms with E-state index in [-0.39, 0.29) is 5.69 Å². The number of nitro groups is 1. The van der Waals surface area contributed by atoms with Crippen molar-refractivity contribution in [2.75, 3.05) is 5.84 Å². The second-order valence-corrected chi connectivity index (χ2v) is 1.84. The van der Waals surface area contributed by atoms with E-state index >= 15 is 0 Å². The van der Waals surface area contributed by atoms with Gasteiger partial charge in [0.05, 0.1) is 4.92 Å². The summed E-state index contributed by atoms with van der Waals surface area (Å²) in [5.41, 5.74) is 0.273. The van der Waals surface area contributed by atoms with Gasteiger partial charge in [-0.15, -0.1) is 0 Å². The fourth-order valence-electron chi connectivity index (χ4n) is 0.651. The molecule has 0 spiro atoms. The first-order chi connectivity index (χ1) is 4.61. The summed E-state index contributed by atoms with van der Waals surface area (Å²) in [6.45, 7) is 1.53. The van der Waals surface area contributed by atoms with Crippen LogP contribution in [-0.4, -0.2) is 14.8 Å². The van der Waals surface area contributed by atoms with Crippen LogP contribution in [0.3, 0.4) is 0 Å². The summed E-state index contributed by atoms with van der Waals surface area (Å²) in [5.74, 6) is 5.12. The van der Waals surface area contributed by atoms with E-state index in [2.05, 4.69) is 5.10 Å². The van der Waals surface area contributed by atoms with Crippen molar-refractivity contribution in [3.05, 3.63) is 22.0 Å². The van der Waals surface area contributed by atoms with Crippen molar-refractivity contribution >= 4 is 5.69 Å². The van der Waals surface area contributed by atoms with E-state index in [1.54, 1.807) is 0 Å². The lowest BCUT2D eigenvalue weighted by Gasteiger charge is -1.81. The van der Waals surface area contributed by atoms with Crippen LogP contribution in [-0.2, 0) is 0 Å². The summed E-state index contributed by atoms with van der Waals surface area (Å²) in [6, 6.07) is 0. The number of aromatic nitrogens is 2. The van der Waals surface area contributed by atoms with E-state index in [4.69, 9.17) is 5.84 Å². The maximum absolute atomic E-state index is 10.1. The summed E-state index contributed by atoms with van der Waals surface area (Å²) < 4.78 is 0. The average Bonchev–Trinajstić information content (AvgIpc) is 2.10. The molecule has 0 radical (unpaired) electrons. The van der Waals surface area contributed by atoms with Gasteiger partial charge in [-0.05, 0) is 6.92 Å². The molecule has 6 heteroatoms. The van der Waals surface area contributed by atoms with Gasteiger partial charge in [-0.25, -0.2) is 0 Å². The standard InChI is InChI=1S/C4H6N4O2/c1-3-4(8(9)10)2-7(5)6-3/h2H,5H2,1H3. The van der Waals surface area contributed by atoms with E-state index in [1.165, 1.54) is 6.92 Å². The maximum Gasteiger partial charge on any atom is 0.312 e. The molecule has 0 aliphatic carbocycles. The third-order valence-corrected chi connectivity index (χ3v) is 1.09. The minimum atomic E-state index is -0.522. The van der Waals surface area contributed by atoms with Crippen molar-refractivity contribution in [3.8, 4) is 0 Å². The smallest absolute Gasteiger partial charge is 0.312 e. The Labute approximate surface area is 56.4 Å². The highest BCUT2D eigenvalue weighted by atomic mass is 16.6. The quantitative estimate of drug-likeness (QED) is 0.334. The molecule has 0 fully saturated rings. The molecule has 6 nitrogen and oxygen atoms in total. The first kappa shape index (κ1) is 6.53. The normalized spacial score (nSPS) is 9.70. The first-order valence-corrected chi connectivity index (χ1v) is 2.57. The van der Waals surface area contributed by atoms with Crippen molar-refractivity contribution in [2.45, 2.75) is 6.92 Å².